The van der Waals surface area contributed by atoms with E-state index in [1.54, 1.807) is 18.2 Å². The normalized spacial score (nSPS) is 19.1. The first-order valence-electron chi connectivity index (χ1n) is 9.42. The van der Waals surface area contributed by atoms with E-state index >= 15 is 0 Å². The van der Waals surface area contributed by atoms with Crippen LogP contribution in [0.2, 0.25) is 0 Å². The molecule has 0 radical (unpaired) electrons. The molecular weight excluding hydrogens is 348 g/mol. The van der Waals surface area contributed by atoms with Gasteiger partial charge in [0.2, 0.25) is 0 Å². The van der Waals surface area contributed by atoms with E-state index < -0.39 is 0 Å². The highest BCUT2D eigenvalue weighted by atomic mass is 16.6. The summed E-state index contributed by atoms with van der Waals surface area (Å²) in [7, 11) is 0. The number of nitrogens with zero attached hydrogens (tertiary/aromatic N) is 4. The van der Waals surface area contributed by atoms with Gasteiger partial charge in [-0.15, -0.1) is 5.10 Å². The average molecular weight is 372 g/mol. The minimum atomic E-state index is 0.0243. The molecule has 144 valence electrons. The molecule has 1 N–H and O–H groups in total. The Morgan fingerprint density at radius 2 is 2.11 bits per heavy atom. The fraction of sp³-hybridized carbons (Fsp3) is 0.526. The lowest BCUT2D eigenvalue weighted by molar-refractivity contribution is 0.0658. The SMILES string of the molecule is O=C(c1ccc2c(c1)OCCO2)N1CCCC(Cn2cc(CCO)nn2)C1. The van der Waals surface area contributed by atoms with Crippen LogP contribution in [0.25, 0.3) is 0 Å². The number of amides is 1. The number of carbonyl (C=O) groups excluding carboxylic acids is 1. The lowest BCUT2D eigenvalue weighted by Crippen LogP contribution is -2.41. The van der Waals surface area contributed by atoms with Gasteiger partial charge < -0.3 is 19.5 Å². The van der Waals surface area contributed by atoms with Gasteiger partial charge in [0, 0.05) is 44.4 Å². The second-order valence-electron chi connectivity index (χ2n) is 7.02. The Morgan fingerprint density at radius 1 is 1.26 bits per heavy atom. The van der Waals surface area contributed by atoms with E-state index in [0.717, 1.165) is 31.6 Å². The number of aromatic nitrogens is 3. The number of hydrogen-bond donors (Lipinski definition) is 1. The van der Waals surface area contributed by atoms with Gasteiger partial charge in [0.15, 0.2) is 11.5 Å². The van der Waals surface area contributed by atoms with Crippen LogP contribution in [-0.2, 0) is 13.0 Å². The summed E-state index contributed by atoms with van der Waals surface area (Å²) in [5, 5.41) is 17.2. The molecule has 0 aliphatic carbocycles. The quantitative estimate of drug-likeness (QED) is 0.846. The highest BCUT2D eigenvalue weighted by Crippen LogP contribution is 2.31. The van der Waals surface area contributed by atoms with E-state index in [9.17, 15) is 4.79 Å². The highest BCUT2D eigenvalue weighted by molar-refractivity contribution is 5.95. The van der Waals surface area contributed by atoms with Gasteiger partial charge in [-0.05, 0) is 37.0 Å². The first kappa shape index (κ1) is 17.8. The molecule has 1 aromatic carbocycles. The van der Waals surface area contributed by atoms with Crippen LogP contribution in [0.3, 0.4) is 0 Å². The summed E-state index contributed by atoms with van der Waals surface area (Å²) in [6.07, 6.45) is 4.41. The first-order chi connectivity index (χ1) is 13.2. The molecule has 1 amide bonds. The summed E-state index contributed by atoms with van der Waals surface area (Å²) in [4.78, 5) is 14.8. The van der Waals surface area contributed by atoms with E-state index in [-0.39, 0.29) is 12.5 Å². The first-order valence-corrected chi connectivity index (χ1v) is 9.42. The molecule has 0 spiro atoms. The van der Waals surface area contributed by atoms with Crippen LogP contribution in [-0.4, -0.2) is 63.8 Å². The number of rotatable bonds is 5. The summed E-state index contributed by atoms with van der Waals surface area (Å²) in [6, 6.07) is 5.39. The zero-order valence-corrected chi connectivity index (χ0v) is 15.2. The zero-order valence-electron chi connectivity index (χ0n) is 15.2. The van der Waals surface area contributed by atoms with Crippen LogP contribution in [0.4, 0.5) is 0 Å². The van der Waals surface area contributed by atoms with Gasteiger partial charge in [-0.1, -0.05) is 5.21 Å². The van der Waals surface area contributed by atoms with Gasteiger partial charge in [-0.25, -0.2) is 0 Å². The number of benzene rings is 1. The van der Waals surface area contributed by atoms with Crippen molar-refractivity contribution < 1.29 is 19.4 Å². The largest absolute Gasteiger partial charge is 0.486 e. The van der Waals surface area contributed by atoms with E-state index in [4.69, 9.17) is 14.6 Å². The average Bonchev–Trinajstić information content (AvgIpc) is 3.14. The number of ether oxygens (including phenoxy) is 2. The topological polar surface area (TPSA) is 89.7 Å². The summed E-state index contributed by atoms with van der Waals surface area (Å²) in [6.45, 7) is 3.30. The summed E-state index contributed by atoms with van der Waals surface area (Å²) in [5.74, 6) is 1.69. The maximum absolute atomic E-state index is 12.9. The van der Waals surface area contributed by atoms with E-state index in [2.05, 4.69) is 10.3 Å². The van der Waals surface area contributed by atoms with Crippen molar-refractivity contribution in [3.8, 4) is 11.5 Å². The van der Waals surface area contributed by atoms with E-state index in [0.29, 0.717) is 49.2 Å². The molecule has 1 fully saturated rings. The Balaban J connectivity index is 1.40. The number of likely N-dealkylation sites (tertiary alicyclic amines) is 1. The highest BCUT2D eigenvalue weighted by Gasteiger charge is 2.26. The van der Waals surface area contributed by atoms with Crippen molar-refractivity contribution in [2.24, 2.45) is 5.92 Å². The van der Waals surface area contributed by atoms with E-state index in [1.165, 1.54) is 0 Å². The zero-order chi connectivity index (χ0) is 18.6. The Kier molecular flexibility index (Phi) is 5.24. The minimum Gasteiger partial charge on any atom is -0.486 e. The fourth-order valence-corrected chi connectivity index (χ4v) is 3.68. The minimum absolute atomic E-state index is 0.0243. The lowest BCUT2D eigenvalue weighted by atomic mass is 9.97. The van der Waals surface area contributed by atoms with Crippen LogP contribution in [0, 0.1) is 5.92 Å². The number of carbonyl (C=O) groups is 1. The summed E-state index contributed by atoms with van der Waals surface area (Å²) >= 11 is 0. The second-order valence-corrected chi connectivity index (χ2v) is 7.02. The fourth-order valence-electron chi connectivity index (χ4n) is 3.68. The van der Waals surface area contributed by atoms with Crippen molar-refractivity contribution in [1.29, 1.82) is 0 Å². The molecular formula is C19H24N4O4. The third kappa shape index (κ3) is 4.05. The number of aliphatic hydroxyl groups is 1. The third-order valence-corrected chi connectivity index (χ3v) is 4.99. The molecule has 8 nitrogen and oxygen atoms in total. The van der Waals surface area contributed by atoms with Crippen molar-refractivity contribution in [3.63, 3.8) is 0 Å². The van der Waals surface area contributed by atoms with Gasteiger partial charge in [-0.3, -0.25) is 9.48 Å². The smallest absolute Gasteiger partial charge is 0.254 e. The van der Waals surface area contributed by atoms with Crippen LogP contribution in [0.1, 0.15) is 28.9 Å². The van der Waals surface area contributed by atoms with Gasteiger partial charge in [0.1, 0.15) is 13.2 Å². The van der Waals surface area contributed by atoms with Crippen LogP contribution >= 0.6 is 0 Å². The Hall–Kier alpha value is -2.61. The number of fused-ring (bicyclic) bond motifs is 1. The molecule has 1 atom stereocenters. The summed E-state index contributed by atoms with van der Waals surface area (Å²) < 4.78 is 12.9. The molecule has 27 heavy (non-hydrogen) atoms. The molecule has 2 aliphatic rings. The van der Waals surface area contributed by atoms with Crippen molar-refractivity contribution in [1.82, 2.24) is 19.9 Å². The maximum atomic E-state index is 12.9. The molecule has 2 aliphatic heterocycles. The van der Waals surface area contributed by atoms with Crippen LogP contribution in [0.5, 0.6) is 11.5 Å². The molecule has 0 bridgehead atoms. The predicted octanol–water partition coefficient (Wildman–Crippen LogP) is 1.14. The van der Waals surface area contributed by atoms with Gasteiger partial charge in [0.05, 0.1) is 5.69 Å². The van der Waals surface area contributed by atoms with Crippen molar-refractivity contribution in [2.45, 2.75) is 25.8 Å². The number of hydrogen-bond acceptors (Lipinski definition) is 6. The van der Waals surface area contributed by atoms with Crippen LogP contribution < -0.4 is 9.47 Å². The van der Waals surface area contributed by atoms with Gasteiger partial charge in [-0.2, -0.15) is 0 Å². The molecule has 1 saturated heterocycles. The number of piperidine rings is 1. The van der Waals surface area contributed by atoms with Crippen molar-refractivity contribution in [3.05, 3.63) is 35.7 Å². The second kappa shape index (κ2) is 7.96. The lowest BCUT2D eigenvalue weighted by Gasteiger charge is -2.33. The Labute approximate surface area is 157 Å². The van der Waals surface area contributed by atoms with Crippen LogP contribution in [0.15, 0.2) is 24.4 Å². The molecule has 1 aromatic heterocycles. The standard InChI is InChI=1S/C19H24N4O4/c24-7-5-16-13-23(21-20-16)12-14-2-1-6-22(11-14)19(25)15-3-4-17-18(10-15)27-9-8-26-17/h3-4,10,13-14,24H,1-2,5-9,11-12H2. The molecule has 4 rings (SSSR count). The van der Waals surface area contributed by atoms with Gasteiger partial charge in [0.25, 0.3) is 5.91 Å². The Morgan fingerprint density at radius 3 is 2.96 bits per heavy atom. The Bertz CT molecular complexity index is 807. The third-order valence-electron chi connectivity index (χ3n) is 4.99. The summed E-state index contributed by atoms with van der Waals surface area (Å²) in [5.41, 5.74) is 1.42. The predicted molar refractivity (Wildman–Crippen MR) is 96.9 cm³/mol. The molecule has 2 aromatic rings. The maximum Gasteiger partial charge on any atom is 0.254 e. The van der Waals surface area contributed by atoms with Crippen molar-refractivity contribution in [2.75, 3.05) is 32.9 Å². The molecule has 3 heterocycles. The molecule has 8 heteroatoms. The number of aliphatic hydroxyl groups excluding tert-OH is 1. The molecule has 0 saturated carbocycles. The van der Waals surface area contributed by atoms with Crippen molar-refractivity contribution >= 4 is 5.91 Å². The monoisotopic (exact) mass is 372 g/mol. The molecule has 1 unspecified atom stereocenters. The van der Waals surface area contributed by atoms with Gasteiger partial charge >= 0.3 is 0 Å². The van der Waals surface area contributed by atoms with E-state index in [1.807, 2.05) is 15.8 Å².